The molecule has 0 spiro atoms. The average molecular weight is 388 g/mol. The number of nitrogens with one attached hydrogen (secondary N) is 2. The number of benzene rings is 1. The van der Waals surface area contributed by atoms with Crippen LogP contribution in [-0.2, 0) is 11.2 Å². The van der Waals surface area contributed by atoms with Crippen LogP contribution in [0.2, 0.25) is 0 Å². The molecule has 0 amide bonds. The molecule has 1 aromatic carbocycles. The van der Waals surface area contributed by atoms with Gasteiger partial charge in [-0.2, -0.15) is 0 Å². The largest absolute Gasteiger partial charge is 0.379 e. The molecule has 2 N–H and O–H groups in total. The van der Waals surface area contributed by atoms with Gasteiger partial charge in [0, 0.05) is 62.4 Å². The van der Waals surface area contributed by atoms with Gasteiger partial charge in [0.25, 0.3) is 0 Å². The monoisotopic (exact) mass is 387 g/mol. The summed E-state index contributed by atoms with van der Waals surface area (Å²) >= 11 is 0. The van der Waals surface area contributed by atoms with E-state index < -0.39 is 0 Å². The minimum Gasteiger partial charge on any atom is -0.379 e. The Hall–Kier alpha value is -2.12. The van der Waals surface area contributed by atoms with Crippen molar-refractivity contribution in [2.45, 2.75) is 25.8 Å². The molecule has 28 heavy (non-hydrogen) atoms. The van der Waals surface area contributed by atoms with Gasteiger partial charge < -0.3 is 19.9 Å². The van der Waals surface area contributed by atoms with Crippen LogP contribution in [0.4, 0.5) is 4.39 Å². The maximum absolute atomic E-state index is 13.6. The Bertz CT molecular complexity index is 814. The highest BCUT2D eigenvalue weighted by Gasteiger charge is 2.30. The van der Waals surface area contributed by atoms with Crippen molar-refractivity contribution < 1.29 is 9.13 Å². The molecule has 2 fully saturated rings. The smallest absolute Gasteiger partial charge is 0.193 e. The lowest BCUT2D eigenvalue weighted by molar-refractivity contribution is 0.0195. The molecule has 0 radical (unpaired) electrons. The molecule has 0 aliphatic carbocycles. The minimum atomic E-state index is -0.198. The number of guanidine groups is 1. The second-order valence-electron chi connectivity index (χ2n) is 7.53. The van der Waals surface area contributed by atoms with Crippen molar-refractivity contribution in [2.24, 2.45) is 4.99 Å². The molecule has 4 rings (SSSR count). The van der Waals surface area contributed by atoms with Crippen LogP contribution in [0.3, 0.4) is 0 Å². The molecular formula is C21H30FN5O. The van der Waals surface area contributed by atoms with Crippen LogP contribution in [-0.4, -0.2) is 79.3 Å². The van der Waals surface area contributed by atoms with Crippen LogP contribution in [0.1, 0.15) is 18.9 Å². The Kier molecular flexibility index (Phi) is 6.12. The fraction of sp³-hybridized carbons (Fsp3) is 0.571. The fourth-order valence-corrected chi connectivity index (χ4v) is 4.24. The van der Waals surface area contributed by atoms with Gasteiger partial charge in [-0.15, -0.1) is 0 Å². The summed E-state index contributed by atoms with van der Waals surface area (Å²) in [5.41, 5.74) is 2.09. The first-order valence-electron chi connectivity index (χ1n) is 10.3. The third-order valence-electron chi connectivity index (χ3n) is 5.73. The number of fused-ring (bicyclic) bond motifs is 1. The van der Waals surface area contributed by atoms with Gasteiger partial charge in [0.15, 0.2) is 5.96 Å². The first kappa shape index (κ1) is 19.2. The van der Waals surface area contributed by atoms with Crippen molar-refractivity contribution in [3.8, 4) is 0 Å². The molecule has 1 atom stereocenters. The van der Waals surface area contributed by atoms with Gasteiger partial charge in [-0.25, -0.2) is 4.39 Å². The van der Waals surface area contributed by atoms with Crippen LogP contribution >= 0.6 is 0 Å². The van der Waals surface area contributed by atoms with Crippen molar-refractivity contribution >= 4 is 16.9 Å². The van der Waals surface area contributed by atoms with Gasteiger partial charge in [0.1, 0.15) is 5.82 Å². The number of likely N-dealkylation sites (tertiary alicyclic amines) is 1. The Balaban J connectivity index is 1.38. The van der Waals surface area contributed by atoms with E-state index in [-0.39, 0.29) is 5.82 Å². The van der Waals surface area contributed by atoms with Gasteiger partial charge >= 0.3 is 0 Å². The van der Waals surface area contributed by atoms with Gasteiger partial charge in [0.2, 0.25) is 0 Å². The highest BCUT2D eigenvalue weighted by Crippen LogP contribution is 2.20. The van der Waals surface area contributed by atoms with Gasteiger partial charge in [-0.05, 0) is 43.5 Å². The van der Waals surface area contributed by atoms with E-state index in [1.165, 1.54) is 12.5 Å². The molecule has 0 bridgehead atoms. The van der Waals surface area contributed by atoms with E-state index in [1.54, 1.807) is 12.1 Å². The van der Waals surface area contributed by atoms with Crippen LogP contribution < -0.4 is 5.32 Å². The summed E-state index contributed by atoms with van der Waals surface area (Å²) in [6, 6.07) is 5.47. The minimum absolute atomic E-state index is 0.198. The zero-order chi connectivity index (χ0) is 19.3. The Morgan fingerprint density at radius 3 is 3.00 bits per heavy atom. The molecule has 1 aromatic heterocycles. The van der Waals surface area contributed by atoms with E-state index in [0.29, 0.717) is 12.6 Å². The lowest BCUT2D eigenvalue weighted by atomic mass is 10.1. The zero-order valence-corrected chi connectivity index (χ0v) is 16.6. The van der Waals surface area contributed by atoms with Crippen LogP contribution in [0.5, 0.6) is 0 Å². The van der Waals surface area contributed by atoms with E-state index in [9.17, 15) is 4.39 Å². The molecule has 7 heteroatoms. The summed E-state index contributed by atoms with van der Waals surface area (Å²) in [6.07, 6.45) is 3.93. The zero-order valence-electron chi connectivity index (χ0n) is 16.6. The second kappa shape index (κ2) is 8.92. The molecule has 6 nitrogen and oxygen atoms in total. The molecular weight excluding hydrogens is 357 g/mol. The number of H-pyrrole nitrogens is 1. The Labute approximate surface area is 165 Å². The lowest BCUT2D eigenvalue weighted by Gasteiger charge is -2.32. The van der Waals surface area contributed by atoms with Gasteiger partial charge in [-0.1, -0.05) is 0 Å². The predicted molar refractivity (Wildman–Crippen MR) is 110 cm³/mol. The van der Waals surface area contributed by atoms with E-state index >= 15 is 0 Å². The number of aromatic amines is 1. The average Bonchev–Trinajstić information content (AvgIpc) is 3.35. The SMILES string of the molecule is CCNC(=NCCc1c[nH]c2ccc(F)cc12)N1CCC(N2CCOCC2)C1. The molecule has 2 saturated heterocycles. The van der Waals surface area contributed by atoms with Crippen molar-refractivity contribution in [1.29, 1.82) is 0 Å². The highest BCUT2D eigenvalue weighted by molar-refractivity contribution is 5.83. The number of hydrogen-bond acceptors (Lipinski definition) is 3. The Morgan fingerprint density at radius 2 is 2.18 bits per heavy atom. The summed E-state index contributed by atoms with van der Waals surface area (Å²) in [7, 11) is 0. The Morgan fingerprint density at radius 1 is 1.32 bits per heavy atom. The number of halogens is 1. The molecule has 0 saturated carbocycles. The van der Waals surface area contributed by atoms with Gasteiger partial charge in [0.05, 0.1) is 13.2 Å². The predicted octanol–water partition coefficient (Wildman–Crippen LogP) is 2.22. The highest BCUT2D eigenvalue weighted by atomic mass is 19.1. The summed E-state index contributed by atoms with van der Waals surface area (Å²) < 4.78 is 19.1. The number of morpholine rings is 1. The molecule has 2 aromatic rings. The number of aliphatic imine (C=N–C) groups is 1. The van der Waals surface area contributed by atoms with E-state index in [2.05, 4.69) is 27.0 Å². The van der Waals surface area contributed by atoms with Crippen LogP contribution in [0.15, 0.2) is 29.4 Å². The molecule has 2 aliphatic heterocycles. The number of ether oxygens (including phenoxy) is 1. The topological polar surface area (TPSA) is 55.9 Å². The summed E-state index contributed by atoms with van der Waals surface area (Å²) in [5, 5.41) is 4.39. The van der Waals surface area contributed by atoms with E-state index in [4.69, 9.17) is 9.73 Å². The lowest BCUT2D eigenvalue weighted by Crippen LogP contribution is -2.46. The van der Waals surface area contributed by atoms with Crippen LogP contribution in [0.25, 0.3) is 10.9 Å². The summed E-state index contributed by atoms with van der Waals surface area (Å²) in [5.74, 6) is 0.792. The summed E-state index contributed by atoms with van der Waals surface area (Å²) in [4.78, 5) is 13.0. The molecule has 2 aliphatic rings. The van der Waals surface area contributed by atoms with E-state index in [1.807, 2.05) is 6.20 Å². The first-order valence-corrected chi connectivity index (χ1v) is 10.3. The van der Waals surface area contributed by atoms with E-state index in [0.717, 1.165) is 74.8 Å². The van der Waals surface area contributed by atoms with Gasteiger partial charge in [-0.3, -0.25) is 9.89 Å². The fourth-order valence-electron chi connectivity index (χ4n) is 4.24. The normalized spacial score (nSPS) is 21.6. The number of rotatable bonds is 5. The van der Waals surface area contributed by atoms with Crippen molar-refractivity contribution in [1.82, 2.24) is 20.1 Å². The van der Waals surface area contributed by atoms with Crippen molar-refractivity contribution in [3.05, 3.63) is 35.8 Å². The van der Waals surface area contributed by atoms with Crippen molar-refractivity contribution in [2.75, 3.05) is 52.5 Å². The number of hydrogen-bond donors (Lipinski definition) is 2. The second-order valence-corrected chi connectivity index (χ2v) is 7.53. The van der Waals surface area contributed by atoms with Crippen LogP contribution in [0, 0.1) is 5.82 Å². The first-order chi connectivity index (χ1) is 13.7. The summed E-state index contributed by atoms with van der Waals surface area (Å²) in [6.45, 7) is 9.45. The number of aromatic nitrogens is 1. The standard InChI is InChI=1S/C21H30FN5O/c1-2-23-21(27-8-6-18(15-27)26-9-11-28-12-10-26)24-7-5-16-14-25-20-4-3-17(22)13-19(16)20/h3-4,13-14,18,25H,2,5-12,15H2,1H3,(H,23,24). The van der Waals surface area contributed by atoms with Crippen molar-refractivity contribution in [3.63, 3.8) is 0 Å². The molecule has 152 valence electrons. The molecule has 3 heterocycles. The number of nitrogens with zero attached hydrogens (tertiary/aromatic N) is 3. The maximum Gasteiger partial charge on any atom is 0.193 e. The quantitative estimate of drug-likeness (QED) is 0.610. The third-order valence-corrected chi connectivity index (χ3v) is 5.73. The maximum atomic E-state index is 13.6. The third kappa shape index (κ3) is 4.31. The molecule has 1 unspecified atom stereocenters.